The summed E-state index contributed by atoms with van der Waals surface area (Å²) in [4.78, 5) is 93.0. The molecule has 2 fully saturated rings. The summed E-state index contributed by atoms with van der Waals surface area (Å²) in [6, 6.07) is 10.1. The van der Waals surface area contributed by atoms with Gasteiger partial charge in [0, 0.05) is 13.1 Å². The SMILES string of the molecule is COC(=O)NC(C(N)=O)C(=O)N1CCC[C@H]1c1ncc(-c2ccc(-c3ccc4nc([C@@H]5CCCN5C(=O)[C@H](CC(N)=O)NC(=O)OC)[nH]c4c3)cc2)[nH]1. The van der Waals surface area contributed by atoms with E-state index in [2.05, 4.69) is 35.1 Å². The average Bonchev–Trinajstić information content (AvgIpc) is 3.98. The van der Waals surface area contributed by atoms with Gasteiger partial charge in [0.05, 0.1) is 55.6 Å². The Morgan fingerprint density at radius 2 is 1.42 bits per heavy atom. The van der Waals surface area contributed by atoms with Gasteiger partial charge in [-0.15, -0.1) is 0 Å². The van der Waals surface area contributed by atoms with Gasteiger partial charge in [-0.3, -0.25) is 19.2 Å². The maximum Gasteiger partial charge on any atom is 0.407 e. The lowest BCUT2D eigenvalue weighted by molar-refractivity contribution is -0.139. The Bertz CT molecular complexity index is 2040. The number of carbonyl (C=O) groups is 6. The number of nitrogens with one attached hydrogen (secondary N) is 4. The summed E-state index contributed by atoms with van der Waals surface area (Å²) in [6.45, 7) is 0.793. The number of aromatic nitrogens is 4. The molecule has 4 atom stereocenters. The second-order valence-corrected chi connectivity index (χ2v) is 12.8. The first-order valence-electron chi connectivity index (χ1n) is 17.0. The van der Waals surface area contributed by atoms with Gasteiger partial charge in [-0.1, -0.05) is 30.3 Å². The average molecular weight is 729 g/mol. The standard InChI is InChI=1S/C35H40N10O8/c1-52-34(50)42-23(16-27(36)46)32(48)44-13-4-6-26(44)31-39-21-12-11-20(15-22(21)40-31)18-7-9-19(10-8-18)24-17-38-30(41-24)25-5-3-14-45(25)33(49)28(29(37)47)43-35(51)53-2/h7-12,15,17,23,25-26,28H,3-6,13-14,16H2,1-2H3,(H2,36,46)(H2,37,47)(H,38,41)(H,39,40)(H,42,50)(H,43,51)/t23-,25-,26-,28?/m0/s1. The third-order valence-electron chi connectivity index (χ3n) is 9.49. The molecule has 0 saturated carbocycles. The highest BCUT2D eigenvalue weighted by Crippen LogP contribution is 2.35. The predicted octanol–water partition coefficient (Wildman–Crippen LogP) is 1.76. The first-order chi connectivity index (χ1) is 25.5. The van der Waals surface area contributed by atoms with E-state index in [9.17, 15) is 28.8 Å². The van der Waals surface area contributed by atoms with E-state index in [-0.39, 0.29) is 12.5 Å². The van der Waals surface area contributed by atoms with Crippen molar-refractivity contribution in [2.24, 2.45) is 11.5 Å². The monoisotopic (exact) mass is 728 g/mol. The zero-order chi connectivity index (χ0) is 37.8. The van der Waals surface area contributed by atoms with Crippen molar-refractivity contribution < 1.29 is 38.2 Å². The molecule has 2 aromatic heterocycles. The molecule has 0 bridgehead atoms. The Hall–Kier alpha value is -6.46. The molecule has 0 radical (unpaired) electrons. The molecule has 1 unspecified atom stereocenters. The van der Waals surface area contributed by atoms with Crippen molar-refractivity contribution in [3.8, 4) is 22.4 Å². The number of imidazole rings is 2. The number of rotatable bonds is 11. The van der Waals surface area contributed by atoms with E-state index in [0.717, 1.165) is 35.0 Å². The van der Waals surface area contributed by atoms with Gasteiger partial charge in [-0.2, -0.15) is 0 Å². The molecule has 0 spiro atoms. The third kappa shape index (κ3) is 7.75. The van der Waals surface area contributed by atoms with Crippen molar-refractivity contribution >= 4 is 46.8 Å². The van der Waals surface area contributed by atoms with Gasteiger partial charge in [0.1, 0.15) is 17.7 Å². The summed E-state index contributed by atoms with van der Waals surface area (Å²) < 4.78 is 9.16. The molecule has 18 heteroatoms. The molecular formula is C35H40N10O8. The van der Waals surface area contributed by atoms with Crippen LogP contribution in [0.5, 0.6) is 0 Å². The van der Waals surface area contributed by atoms with Gasteiger partial charge in [-0.25, -0.2) is 19.6 Å². The fraction of sp³-hybridized carbons (Fsp3) is 0.371. The minimum atomic E-state index is -1.57. The van der Waals surface area contributed by atoms with E-state index in [1.807, 2.05) is 42.5 Å². The van der Waals surface area contributed by atoms with Gasteiger partial charge in [0.25, 0.3) is 5.91 Å². The van der Waals surface area contributed by atoms with Crippen LogP contribution in [0.1, 0.15) is 55.8 Å². The van der Waals surface area contributed by atoms with E-state index in [0.29, 0.717) is 55.9 Å². The molecule has 8 N–H and O–H groups in total. The predicted molar refractivity (Wildman–Crippen MR) is 188 cm³/mol. The fourth-order valence-electron chi connectivity index (χ4n) is 6.89. The molecule has 2 aromatic carbocycles. The number of nitrogens with zero attached hydrogens (tertiary/aromatic N) is 4. The number of aromatic amines is 2. The second-order valence-electron chi connectivity index (χ2n) is 12.8. The first kappa shape index (κ1) is 36.3. The number of alkyl carbamates (subject to hydrolysis) is 2. The van der Waals surface area contributed by atoms with E-state index in [4.69, 9.17) is 16.5 Å². The Kier molecular flexibility index (Phi) is 10.6. The van der Waals surface area contributed by atoms with E-state index in [1.165, 1.54) is 12.0 Å². The topological polar surface area (TPSA) is 261 Å². The number of carbonyl (C=O) groups excluding carboxylic acids is 6. The van der Waals surface area contributed by atoms with E-state index in [1.54, 1.807) is 11.1 Å². The lowest BCUT2D eigenvalue weighted by atomic mass is 10.0. The molecule has 4 aromatic rings. The van der Waals surface area contributed by atoms with Crippen LogP contribution in [0.25, 0.3) is 33.4 Å². The van der Waals surface area contributed by atoms with Crippen molar-refractivity contribution in [1.29, 1.82) is 0 Å². The summed E-state index contributed by atoms with van der Waals surface area (Å²) in [5, 5.41) is 4.62. The number of hydrogen-bond acceptors (Lipinski definition) is 10. The second kappa shape index (κ2) is 15.4. The van der Waals surface area contributed by atoms with Crippen molar-refractivity contribution in [3.63, 3.8) is 0 Å². The number of fused-ring (bicyclic) bond motifs is 1. The van der Waals surface area contributed by atoms with Crippen LogP contribution >= 0.6 is 0 Å². The first-order valence-corrected chi connectivity index (χ1v) is 17.0. The van der Waals surface area contributed by atoms with Crippen LogP contribution < -0.4 is 22.1 Å². The molecule has 6 amide bonds. The number of ether oxygens (including phenoxy) is 2. The number of nitrogens with two attached hydrogens (primary N) is 2. The fourth-order valence-corrected chi connectivity index (χ4v) is 6.89. The molecular weight excluding hydrogens is 688 g/mol. The van der Waals surface area contributed by atoms with Gasteiger partial charge < -0.3 is 51.3 Å². The smallest absolute Gasteiger partial charge is 0.407 e. The molecule has 2 aliphatic rings. The zero-order valence-corrected chi connectivity index (χ0v) is 29.1. The van der Waals surface area contributed by atoms with Crippen molar-refractivity contribution in [2.75, 3.05) is 27.3 Å². The Labute approximate surface area is 303 Å². The van der Waals surface area contributed by atoms with Crippen LogP contribution in [0.2, 0.25) is 0 Å². The highest BCUT2D eigenvalue weighted by molar-refractivity contribution is 6.06. The van der Waals surface area contributed by atoms with Gasteiger partial charge in [0.15, 0.2) is 6.04 Å². The molecule has 53 heavy (non-hydrogen) atoms. The highest BCUT2D eigenvalue weighted by atomic mass is 16.5. The minimum Gasteiger partial charge on any atom is -0.453 e. The van der Waals surface area contributed by atoms with Crippen molar-refractivity contribution in [3.05, 3.63) is 60.3 Å². The van der Waals surface area contributed by atoms with Crippen LogP contribution in [0.15, 0.2) is 48.7 Å². The number of hydrogen-bond donors (Lipinski definition) is 6. The van der Waals surface area contributed by atoms with Crippen LogP contribution in [0, 0.1) is 0 Å². The zero-order valence-electron chi connectivity index (χ0n) is 29.1. The molecule has 2 aliphatic heterocycles. The number of amides is 6. The summed E-state index contributed by atoms with van der Waals surface area (Å²) in [7, 11) is 2.30. The van der Waals surface area contributed by atoms with Crippen molar-refractivity contribution in [2.45, 2.75) is 56.3 Å². The van der Waals surface area contributed by atoms with Crippen LogP contribution in [-0.4, -0.2) is 105 Å². The Morgan fingerprint density at radius 1 is 0.811 bits per heavy atom. The molecule has 18 nitrogen and oxygen atoms in total. The van der Waals surface area contributed by atoms with Crippen LogP contribution in [0.4, 0.5) is 9.59 Å². The molecule has 278 valence electrons. The van der Waals surface area contributed by atoms with Crippen LogP contribution in [0.3, 0.4) is 0 Å². The molecule has 4 heterocycles. The molecule has 0 aliphatic carbocycles. The lowest BCUT2D eigenvalue weighted by Crippen LogP contribution is -2.54. The minimum absolute atomic E-state index is 0.364. The maximum atomic E-state index is 13.5. The summed E-state index contributed by atoms with van der Waals surface area (Å²) in [5.74, 6) is -1.66. The quantitative estimate of drug-likeness (QED) is 0.122. The number of likely N-dealkylation sites (tertiary alicyclic amines) is 2. The summed E-state index contributed by atoms with van der Waals surface area (Å²) in [5.41, 5.74) is 15.7. The highest BCUT2D eigenvalue weighted by Gasteiger charge is 2.39. The van der Waals surface area contributed by atoms with E-state index < -0.39 is 53.9 Å². The Morgan fingerprint density at radius 3 is 2.06 bits per heavy atom. The number of methoxy groups -OCH3 is 2. The third-order valence-corrected chi connectivity index (χ3v) is 9.49. The van der Waals surface area contributed by atoms with Crippen LogP contribution in [-0.2, 0) is 28.7 Å². The number of benzene rings is 2. The molecule has 6 rings (SSSR count). The number of primary amides is 2. The van der Waals surface area contributed by atoms with E-state index >= 15 is 0 Å². The summed E-state index contributed by atoms with van der Waals surface area (Å²) in [6.07, 6.45) is 2.18. The summed E-state index contributed by atoms with van der Waals surface area (Å²) >= 11 is 0. The van der Waals surface area contributed by atoms with Gasteiger partial charge in [-0.05, 0) is 54.5 Å². The molecule has 2 saturated heterocycles. The number of H-pyrrole nitrogens is 2. The van der Waals surface area contributed by atoms with Crippen molar-refractivity contribution in [1.82, 2.24) is 40.4 Å². The normalized spacial score (nSPS) is 18.0. The maximum absolute atomic E-state index is 13.5. The van der Waals surface area contributed by atoms with Gasteiger partial charge >= 0.3 is 12.2 Å². The van der Waals surface area contributed by atoms with Gasteiger partial charge in [0.2, 0.25) is 17.7 Å². The lowest BCUT2D eigenvalue weighted by Gasteiger charge is -2.27. The Balaban J connectivity index is 1.16. The largest absolute Gasteiger partial charge is 0.453 e.